The zero-order valence-electron chi connectivity index (χ0n) is 6.73. The standard InChI is InChI=1S/C8H12F2O/c1-5(2)6(11)8(3-4-8)7(9)10/h5,7H,3-4H2,1-2H3. The summed E-state index contributed by atoms with van der Waals surface area (Å²) in [5.41, 5.74) is -1.24. The number of carbonyl (C=O) groups excluding carboxylic acids is 1. The maximum atomic E-state index is 12.3. The summed E-state index contributed by atoms with van der Waals surface area (Å²) < 4.78 is 24.5. The molecule has 0 aromatic heterocycles. The van der Waals surface area contributed by atoms with E-state index in [-0.39, 0.29) is 11.7 Å². The highest BCUT2D eigenvalue weighted by Crippen LogP contribution is 2.52. The fraction of sp³-hybridized carbons (Fsp3) is 0.875. The lowest BCUT2D eigenvalue weighted by Gasteiger charge is -2.14. The fourth-order valence-corrected chi connectivity index (χ4v) is 1.28. The first-order valence-corrected chi connectivity index (χ1v) is 3.83. The van der Waals surface area contributed by atoms with Crippen LogP contribution in [0.5, 0.6) is 0 Å². The highest BCUT2D eigenvalue weighted by Gasteiger charge is 2.57. The molecular weight excluding hydrogens is 150 g/mol. The fourth-order valence-electron chi connectivity index (χ4n) is 1.28. The van der Waals surface area contributed by atoms with Gasteiger partial charge in [-0.2, -0.15) is 0 Å². The molecule has 0 saturated heterocycles. The van der Waals surface area contributed by atoms with Crippen molar-refractivity contribution >= 4 is 5.78 Å². The highest BCUT2D eigenvalue weighted by molar-refractivity contribution is 5.89. The van der Waals surface area contributed by atoms with Gasteiger partial charge < -0.3 is 0 Å². The lowest BCUT2D eigenvalue weighted by Crippen LogP contribution is -2.27. The smallest absolute Gasteiger partial charge is 0.251 e. The summed E-state index contributed by atoms with van der Waals surface area (Å²) in [4.78, 5) is 11.2. The van der Waals surface area contributed by atoms with E-state index in [0.29, 0.717) is 12.8 Å². The molecule has 0 heterocycles. The number of alkyl halides is 2. The first-order chi connectivity index (χ1) is 5.00. The minimum absolute atomic E-state index is 0.258. The molecule has 1 saturated carbocycles. The normalized spacial score (nSPS) is 20.9. The van der Waals surface area contributed by atoms with Crippen LogP contribution in [0.3, 0.4) is 0 Å². The second-order valence-electron chi connectivity index (χ2n) is 3.48. The third-order valence-electron chi connectivity index (χ3n) is 2.22. The SMILES string of the molecule is CC(C)C(=O)C1(C(F)F)CC1. The van der Waals surface area contributed by atoms with Crippen LogP contribution < -0.4 is 0 Å². The third-order valence-corrected chi connectivity index (χ3v) is 2.22. The summed E-state index contributed by atoms with van der Waals surface area (Å²) in [5, 5.41) is 0. The van der Waals surface area contributed by atoms with Gasteiger partial charge in [-0.25, -0.2) is 8.78 Å². The summed E-state index contributed by atoms with van der Waals surface area (Å²) >= 11 is 0. The Morgan fingerprint density at radius 2 is 1.82 bits per heavy atom. The van der Waals surface area contributed by atoms with Gasteiger partial charge in [0.15, 0.2) is 0 Å². The van der Waals surface area contributed by atoms with E-state index in [0.717, 1.165) is 0 Å². The summed E-state index contributed by atoms with van der Waals surface area (Å²) in [6, 6.07) is 0. The zero-order chi connectivity index (χ0) is 8.65. The minimum atomic E-state index is -2.46. The van der Waals surface area contributed by atoms with E-state index >= 15 is 0 Å². The number of Topliss-reactive ketones (excluding diaryl/α,β-unsaturated/α-hetero) is 1. The Bertz CT molecular complexity index is 171. The first-order valence-electron chi connectivity index (χ1n) is 3.83. The van der Waals surface area contributed by atoms with Crippen LogP contribution in [0.2, 0.25) is 0 Å². The zero-order valence-corrected chi connectivity index (χ0v) is 6.73. The lowest BCUT2D eigenvalue weighted by atomic mass is 9.93. The van der Waals surface area contributed by atoms with Crippen molar-refractivity contribution < 1.29 is 13.6 Å². The molecule has 0 atom stereocenters. The van der Waals surface area contributed by atoms with Gasteiger partial charge in [0.1, 0.15) is 5.78 Å². The molecule has 0 radical (unpaired) electrons. The quantitative estimate of drug-likeness (QED) is 0.622. The van der Waals surface area contributed by atoms with Crippen molar-refractivity contribution in [2.45, 2.75) is 33.1 Å². The number of carbonyl (C=O) groups is 1. The van der Waals surface area contributed by atoms with Gasteiger partial charge in [0, 0.05) is 5.92 Å². The average Bonchev–Trinajstić information content (AvgIpc) is 2.65. The van der Waals surface area contributed by atoms with Gasteiger partial charge in [-0.1, -0.05) is 13.8 Å². The molecule has 0 spiro atoms. The molecule has 1 aliphatic carbocycles. The molecule has 1 rings (SSSR count). The van der Waals surface area contributed by atoms with E-state index in [1.54, 1.807) is 13.8 Å². The second-order valence-corrected chi connectivity index (χ2v) is 3.48. The van der Waals surface area contributed by atoms with Crippen LogP contribution in [-0.2, 0) is 4.79 Å². The van der Waals surface area contributed by atoms with Crippen molar-refractivity contribution in [1.29, 1.82) is 0 Å². The maximum absolute atomic E-state index is 12.3. The highest BCUT2D eigenvalue weighted by atomic mass is 19.3. The minimum Gasteiger partial charge on any atom is -0.299 e. The Balaban J connectivity index is 2.66. The summed E-state index contributed by atoms with van der Waals surface area (Å²) in [7, 11) is 0. The number of hydrogen-bond acceptors (Lipinski definition) is 1. The van der Waals surface area contributed by atoms with Gasteiger partial charge in [-0.15, -0.1) is 0 Å². The van der Waals surface area contributed by atoms with Gasteiger partial charge >= 0.3 is 0 Å². The molecule has 1 nitrogen and oxygen atoms in total. The van der Waals surface area contributed by atoms with E-state index < -0.39 is 11.8 Å². The van der Waals surface area contributed by atoms with Crippen molar-refractivity contribution in [3.8, 4) is 0 Å². The molecule has 64 valence electrons. The van der Waals surface area contributed by atoms with Crippen LogP contribution in [0, 0.1) is 11.3 Å². The monoisotopic (exact) mass is 162 g/mol. The molecule has 1 aliphatic rings. The Morgan fingerprint density at radius 1 is 1.36 bits per heavy atom. The van der Waals surface area contributed by atoms with Crippen molar-refractivity contribution in [2.75, 3.05) is 0 Å². The van der Waals surface area contributed by atoms with Crippen LogP contribution in [0.15, 0.2) is 0 Å². The molecule has 0 aromatic rings. The predicted octanol–water partition coefficient (Wildman–Crippen LogP) is 2.26. The summed E-state index contributed by atoms with van der Waals surface area (Å²) in [6.07, 6.45) is -1.71. The topological polar surface area (TPSA) is 17.1 Å². The van der Waals surface area contributed by atoms with Crippen molar-refractivity contribution in [3.05, 3.63) is 0 Å². The van der Waals surface area contributed by atoms with E-state index in [4.69, 9.17) is 0 Å². The molecule has 0 bridgehead atoms. The van der Waals surface area contributed by atoms with E-state index in [9.17, 15) is 13.6 Å². The molecule has 1 fully saturated rings. The third kappa shape index (κ3) is 1.28. The molecule has 0 aromatic carbocycles. The van der Waals surface area contributed by atoms with Gasteiger partial charge in [0.25, 0.3) is 6.43 Å². The van der Waals surface area contributed by atoms with Crippen molar-refractivity contribution in [1.82, 2.24) is 0 Å². The molecule has 0 aliphatic heterocycles. The largest absolute Gasteiger partial charge is 0.299 e. The van der Waals surface area contributed by atoms with Gasteiger partial charge in [-0.3, -0.25) is 4.79 Å². The van der Waals surface area contributed by atoms with E-state index in [1.165, 1.54) is 0 Å². The Hall–Kier alpha value is -0.470. The number of halogens is 2. The molecule has 0 unspecified atom stereocenters. The Labute approximate surface area is 64.8 Å². The number of ketones is 1. The first kappa shape index (κ1) is 8.62. The maximum Gasteiger partial charge on any atom is 0.251 e. The van der Waals surface area contributed by atoms with E-state index in [2.05, 4.69) is 0 Å². The Morgan fingerprint density at radius 3 is 1.91 bits per heavy atom. The number of rotatable bonds is 3. The van der Waals surface area contributed by atoms with Crippen LogP contribution in [-0.4, -0.2) is 12.2 Å². The van der Waals surface area contributed by atoms with Crippen molar-refractivity contribution in [2.24, 2.45) is 11.3 Å². The second kappa shape index (κ2) is 2.54. The van der Waals surface area contributed by atoms with Gasteiger partial charge in [-0.05, 0) is 12.8 Å². The lowest BCUT2D eigenvalue weighted by molar-refractivity contribution is -0.132. The predicted molar refractivity (Wildman–Crippen MR) is 37.5 cm³/mol. The molecule has 0 N–H and O–H groups in total. The van der Waals surface area contributed by atoms with Gasteiger partial charge in [0.2, 0.25) is 0 Å². The van der Waals surface area contributed by atoms with Gasteiger partial charge in [0.05, 0.1) is 5.41 Å². The van der Waals surface area contributed by atoms with E-state index in [1.807, 2.05) is 0 Å². The summed E-state index contributed by atoms with van der Waals surface area (Å²) in [5.74, 6) is -0.529. The molecule has 0 amide bonds. The Kier molecular flexibility index (Phi) is 1.99. The summed E-state index contributed by atoms with van der Waals surface area (Å²) in [6.45, 7) is 3.34. The van der Waals surface area contributed by atoms with Crippen LogP contribution in [0.1, 0.15) is 26.7 Å². The molecule has 3 heteroatoms. The van der Waals surface area contributed by atoms with Crippen LogP contribution >= 0.6 is 0 Å². The number of hydrogen-bond donors (Lipinski definition) is 0. The van der Waals surface area contributed by atoms with Crippen molar-refractivity contribution in [3.63, 3.8) is 0 Å². The average molecular weight is 162 g/mol. The molecular formula is C8H12F2O. The molecule has 11 heavy (non-hydrogen) atoms. The van der Waals surface area contributed by atoms with Crippen LogP contribution in [0.4, 0.5) is 8.78 Å². The van der Waals surface area contributed by atoms with Crippen LogP contribution in [0.25, 0.3) is 0 Å².